The standard InChI is InChI=1S/C23H35NO15/c1-9(26)24-16-19(17(31)14(7-25)37-22(16)32-6)39-23-21(36-13(5)30)20(35-12(4)29)18(34-11(3)28)15(38-23)8-33-10(2)27/h14-23,25,31H,7-8H2,1-6H3,(H,24,26)/t14-,15-,16-,17+,18+,19-,20+,21-,22+,23+/m1/s1. The normalized spacial score (nSPS) is 34.4. The predicted molar refractivity (Wildman–Crippen MR) is 123 cm³/mol. The number of carbonyl (C=O) groups excluding carboxylic acids is 5. The Labute approximate surface area is 224 Å². The van der Waals surface area contributed by atoms with Crippen molar-refractivity contribution in [1.82, 2.24) is 5.32 Å². The summed E-state index contributed by atoms with van der Waals surface area (Å²) in [6.45, 7) is 4.36. The largest absolute Gasteiger partial charge is 0.463 e. The van der Waals surface area contributed by atoms with E-state index in [0.717, 1.165) is 27.7 Å². The predicted octanol–water partition coefficient (Wildman–Crippen LogP) is -2.32. The third kappa shape index (κ3) is 8.81. The Hall–Kier alpha value is -2.89. The van der Waals surface area contributed by atoms with E-state index in [4.69, 9.17) is 37.9 Å². The first-order chi connectivity index (χ1) is 18.3. The van der Waals surface area contributed by atoms with Crippen molar-refractivity contribution in [3.63, 3.8) is 0 Å². The molecule has 1 amide bonds. The highest BCUT2D eigenvalue weighted by Crippen LogP contribution is 2.33. The van der Waals surface area contributed by atoms with E-state index in [1.54, 1.807) is 0 Å². The van der Waals surface area contributed by atoms with Crippen LogP contribution in [0.4, 0.5) is 0 Å². The lowest BCUT2D eigenvalue weighted by Crippen LogP contribution is -2.68. The van der Waals surface area contributed by atoms with Crippen LogP contribution in [0.3, 0.4) is 0 Å². The molecule has 3 N–H and O–H groups in total. The smallest absolute Gasteiger partial charge is 0.303 e. The van der Waals surface area contributed by atoms with Crippen molar-refractivity contribution < 1.29 is 72.1 Å². The van der Waals surface area contributed by atoms with Gasteiger partial charge in [0, 0.05) is 41.7 Å². The molecule has 2 aliphatic heterocycles. The Morgan fingerprint density at radius 3 is 1.77 bits per heavy atom. The van der Waals surface area contributed by atoms with Crippen LogP contribution in [0.25, 0.3) is 0 Å². The summed E-state index contributed by atoms with van der Waals surface area (Å²) >= 11 is 0. The van der Waals surface area contributed by atoms with Crippen molar-refractivity contribution in [3.8, 4) is 0 Å². The van der Waals surface area contributed by atoms with E-state index < -0.39 is 104 Å². The molecule has 0 aromatic heterocycles. The van der Waals surface area contributed by atoms with Gasteiger partial charge >= 0.3 is 23.9 Å². The number of rotatable bonds is 10. The lowest BCUT2D eigenvalue weighted by Gasteiger charge is -2.48. The van der Waals surface area contributed by atoms with Gasteiger partial charge in [0.25, 0.3) is 0 Å². The van der Waals surface area contributed by atoms with E-state index in [1.165, 1.54) is 14.0 Å². The van der Waals surface area contributed by atoms with Crippen molar-refractivity contribution >= 4 is 29.8 Å². The first-order valence-electron chi connectivity index (χ1n) is 12.0. The van der Waals surface area contributed by atoms with E-state index >= 15 is 0 Å². The molecule has 0 bridgehead atoms. The Morgan fingerprint density at radius 1 is 0.744 bits per heavy atom. The number of hydrogen-bond acceptors (Lipinski definition) is 15. The van der Waals surface area contributed by atoms with Crippen LogP contribution in [0.1, 0.15) is 34.6 Å². The monoisotopic (exact) mass is 565 g/mol. The first kappa shape index (κ1) is 32.3. The molecule has 0 saturated carbocycles. The minimum Gasteiger partial charge on any atom is -0.463 e. The molecular weight excluding hydrogens is 530 g/mol. The van der Waals surface area contributed by atoms with Crippen LogP contribution in [0, 0.1) is 0 Å². The van der Waals surface area contributed by atoms with Crippen LogP contribution >= 0.6 is 0 Å². The molecule has 16 heteroatoms. The molecule has 0 aromatic carbocycles. The highest BCUT2D eigenvalue weighted by atomic mass is 16.7. The zero-order valence-corrected chi connectivity index (χ0v) is 22.4. The number of amides is 1. The van der Waals surface area contributed by atoms with Crippen LogP contribution in [-0.2, 0) is 61.9 Å². The molecule has 0 spiro atoms. The van der Waals surface area contributed by atoms with Gasteiger partial charge in [-0.05, 0) is 0 Å². The second-order valence-corrected chi connectivity index (χ2v) is 8.85. The summed E-state index contributed by atoms with van der Waals surface area (Å²) in [5.41, 5.74) is 0. The number of esters is 4. The fourth-order valence-electron chi connectivity index (χ4n) is 4.27. The Bertz CT molecular complexity index is 897. The van der Waals surface area contributed by atoms with Gasteiger partial charge in [-0.3, -0.25) is 24.0 Å². The van der Waals surface area contributed by atoms with Crippen molar-refractivity contribution in [3.05, 3.63) is 0 Å². The van der Waals surface area contributed by atoms with Crippen LogP contribution in [0.15, 0.2) is 0 Å². The summed E-state index contributed by atoms with van der Waals surface area (Å²) < 4.78 is 43.8. The van der Waals surface area contributed by atoms with Gasteiger partial charge in [0.1, 0.15) is 37.1 Å². The van der Waals surface area contributed by atoms with E-state index in [1.807, 2.05) is 0 Å². The maximum Gasteiger partial charge on any atom is 0.303 e. The van der Waals surface area contributed by atoms with Gasteiger partial charge in [0.2, 0.25) is 5.91 Å². The summed E-state index contributed by atoms with van der Waals surface area (Å²) in [6.07, 6.45) is -12.9. The van der Waals surface area contributed by atoms with Gasteiger partial charge in [0.15, 0.2) is 30.9 Å². The quantitative estimate of drug-likeness (QED) is 0.187. The number of aliphatic hydroxyl groups is 2. The molecular formula is C23H35NO15. The lowest BCUT2D eigenvalue weighted by atomic mass is 9.95. The second kappa shape index (κ2) is 14.5. The molecule has 39 heavy (non-hydrogen) atoms. The molecule has 0 aliphatic carbocycles. The molecule has 2 aliphatic rings. The van der Waals surface area contributed by atoms with Gasteiger partial charge in [0.05, 0.1) is 6.61 Å². The van der Waals surface area contributed by atoms with E-state index in [9.17, 15) is 34.2 Å². The molecule has 16 nitrogen and oxygen atoms in total. The lowest BCUT2D eigenvalue weighted by molar-refractivity contribution is -0.345. The van der Waals surface area contributed by atoms with Crippen molar-refractivity contribution in [2.45, 2.75) is 96.0 Å². The fraction of sp³-hybridized carbons (Fsp3) is 0.783. The molecule has 0 unspecified atom stereocenters. The number of carbonyl (C=O) groups is 5. The van der Waals surface area contributed by atoms with Gasteiger partial charge in [-0.1, -0.05) is 0 Å². The number of methoxy groups -OCH3 is 1. The van der Waals surface area contributed by atoms with Crippen LogP contribution < -0.4 is 5.32 Å². The molecule has 2 heterocycles. The van der Waals surface area contributed by atoms with E-state index in [2.05, 4.69) is 5.32 Å². The third-order valence-electron chi connectivity index (χ3n) is 5.70. The summed E-state index contributed by atoms with van der Waals surface area (Å²) in [7, 11) is 1.26. The Kier molecular flexibility index (Phi) is 12.0. The highest BCUT2D eigenvalue weighted by molar-refractivity contribution is 5.73. The molecule has 0 radical (unpaired) electrons. The zero-order valence-electron chi connectivity index (χ0n) is 22.4. The Morgan fingerprint density at radius 2 is 1.28 bits per heavy atom. The SMILES string of the molecule is CO[C@H]1O[C@H](CO)[C@H](O)[C@H](O[C@@H]2O[C@H](COC(C)=O)[C@H](OC(C)=O)[C@H](OC(C)=O)[C@H]2OC(C)=O)[C@H]1NC(C)=O. The minimum atomic E-state index is -1.66. The number of hydrogen-bond donors (Lipinski definition) is 3. The maximum atomic E-state index is 12.0. The van der Waals surface area contributed by atoms with Crippen molar-refractivity contribution in [1.29, 1.82) is 0 Å². The van der Waals surface area contributed by atoms with Gasteiger partial charge in [-0.2, -0.15) is 0 Å². The summed E-state index contributed by atoms with van der Waals surface area (Å²) in [5.74, 6) is -3.76. The molecule has 222 valence electrons. The molecule has 0 aromatic rings. The minimum absolute atomic E-state index is 0.497. The van der Waals surface area contributed by atoms with E-state index in [-0.39, 0.29) is 0 Å². The fourth-order valence-corrected chi connectivity index (χ4v) is 4.27. The molecule has 10 atom stereocenters. The summed E-state index contributed by atoms with van der Waals surface area (Å²) in [4.78, 5) is 59.4. The average molecular weight is 566 g/mol. The van der Waals surface area contributed by atoms with Crippen LogP contribution in [-0.4, -0.2) is 122 Å². The number of ether oxygens (including phenoxy) is 8. The Balaban J connectivity index is 2.56. The van der Waals surface area contributed by atoms with Crippen molar-refractivity contribution in [2.75, 3.05) is 20.3 Å². The van der Waals surface area contributed by atoms with Crippen LogP contribution in [0.2, 0.25) is 0 Å². The summed E-state index contributed by atoms with van der Waals surface area (Å²) in [6, 6.07) is -1.17. The third-order valence-corrected chi connectivity index (χ3v) is 5.70. The van der Waals surface area contributed by atoms with E-state index in [0.29, 0.717) is 0 Å². The van der Waals surface area contributed by atoms with Crippen molar-refractivity contribution in [2.24, 2.45) is 0 Å². The van der Waals surface area contributed by atoms with Crippen LogP contribution in [0.5, 0.6) is 0 Å². The maximum absolute atomic E-state index is 12.0. The number of nitrogens with one attached hydrogen (secondary N) is 1. The van der Waals surface area contributed by atoms with Gasteiger partial charge < -0.3 is 53.4 Å². The summed E-state index contributed by atoms with van der Waals surface area (Å²) in [5, 5.41) is 23.2. The number of aliphatic hydroxyl groups excluding tert-OH is 2. The average Bonchev–Trinajstić information content (AvgIpc) is 2.82. The topological polar surface area (TPSA) is 212 Å². The first-order valence-corrected chi connectivity index (χ1v) is 12.0. The van der Waals surface area contributed by atoms with Gasteiger partial charge in [-0.25, -0.2) is 0 Å². The molecule has 2 rings (SSSR count). The molecule has 2 fully saturated rings. The highest BCUT2D eigenvalue weighted by Gasteiger charge is 2.56. The second-order valence-electron chi connectivity index (χ2n) is 8.85. The van der Waals surface area contributed by atoms with Gasteiger partial charge in [-0.15, -0.1) is 0 Å². The zero-order chi connectivity index (χ0) is 29.4. The molecule has 2 saturated heterocycles.